The molecule has 1 aliphatic heterocycles. The zero-order valence-corrected chi connectivity index (χ0v) is 10.2. The molecule has 2 N–H and O–H groups in total. The van der Waals surface area contributed by atoms with E-state index in [9.17, 15) is 22.7 Å². The molecule has 1 fully saturated rings. The normalized spacial score (nSPS) is 24.5. The Balaban J connectivity index is 2.29. The first-order valence-corrected chi connectivity index (χ1v) is 6.09. The van der Waals surface area contributed by atoms with Crippen molar-refractivity contribution >= 4 is 0 Å². The largest absolute Gasteiger partial charge is 0.416 e. The van der Waals surface area contributed by atoms with Crippen molar-refractivity contribution < 1.29 is 22.7 Å². The van der Waals surface area contributed by atoms with Crippen molar-refractivity contribution in [2.45, 2.75) is 31.0 Å². The maximum atomic E-state index is 13.0. The first-order valence-electron chi connectivity index (χ1n) is 6.09. The number of rotatable bonds is 2. The summed E-state index contributed by atoms with van der Waals surface area (Å²) in [6.07, 6.45) is -3.60. The van der Waals surface area contributed by atoms with Gasteiger partial charge < -0.3 is 10.4 Å². The molecule has 1 atom stereocenters. The monoisotopic (exact) mass is 277 g/mol. The molecule has 2 rings (SSSR count). The molecule has 0 aromatic heterocycles. The quantitative estimate of drug-likeness (QED) is 0.814. The molecule has 1 saturated heterocycles. The molecule has 1 aliphatic rings. The Bertz CT molecular complexity index is 452. The van der Waals surface area contributed by atoms with Gasteiger partial charge in [-0.25, -0.2) is 4.39 Å². The molecular weight excluding hydrogens is 262 g/mol. The number of nitrogens with one attached hydrogen (secondary N) is 1. The van der Waals surface area contributed by atoms with Crippen LogP contribution >= 0.6 is 0 Å². The van der Waals surface area contributed by atoms with Crippen LogP contribution in [0.25, 0.3) is 0 Å². The lowest BCUT2D eigenvalue weighted by molar-refractivity contribution is -0.138. The van der Waals surface area contributed by atoms with Crippen LogP contribution in [0.5, 0.6) is 0 Å². The molecule has 0 aliphatic carbocycles. The predicted octanol–water partition coefficient (Wildman–Crippen LogP) is 2.50. The van der Waals surface area contributed by atoms with Crippen molar-refractivity contribution in [3.05, 3.63) is 35.1 Å². The lowest BCUT2D eigenvalue weighted by Crippen LogP contribution is -2.47. The van der Waals surface area contributed by atoms with E-state index in [1.165, 1.54) is 0 Å². The highest BCUT2D eigenvalue weighted by molar-refractivity contribution is 5.32. The van der Waals surface area contributed by atoms with Gasteiger partial charge >= 0.3 is 6.18 Å². The van der Waals surface area contributed by atoms with E-state index in [0.29, 0.717) is 18.9 Å². The lowest BCUT2D eigenvalue weighted by atomic mass is 9.86. The van der Waals surface area contributed by atoms with Gasteiger partial charge in [0.2, 0.25) is 0 Å². The van der Waals surface area contributed by atoms with Crippen LogP contribution in [0, 0.1) is 5.82 Å². The zero-order valence-electron chi connectivity index (χ0n) is 10.2. The molecule has 1 aromatic rings. The standard InChI is InChI=1S/C13H15F4NO/c14-10-3-2-9(11(6-10)13(15,16)17)7-12(19)4-1-5-18-8-12/h2-3,6,18-19H,1,4-5,7-8H2. The Kier molecular flexibility index (Phi) is 3.82. The summed E-state index contributed by atoms with van der Waals surface area (Å²) >= 11 is 0. The van der Waals surface area contributed by atoms with Crippen LogP contribution in [0.3, 0.4) is 0 Å². The van der Waals surface area contributed by atoms with E-state index in [1.54, 1.807) is 0 Å². The van der Waals surface area contributed by atoms with Gasteiger partial charge in [0.1, 0.15) is 5.82 Å². The maximum absolute atomic E-state index is 13.0. The van der Waals surface area contributed by atoms with Gasteiger partial charge in [-0.3, -0.25) is 0 Å². The Morgan fingerprint density at radius 1 is 1.32 bits per heavy atom. The van der Waals surface area contributed by atoms with Crippen molar-refractivity contribution in [2.75, 3.05) is 13.1 Å². The maximum Gasteiger partial charge on any atom is 0.416 e. The van der Waals surface area contributed by atoms with Gasteiger partial charge in [0.05, 0.1) is 11.2 Å². The van der Waals surface area contributed by atoms with E-state index in [1.807, 2.05) is 0 Å². The van der Waals surface area contributed by atoms with Crippen LogP contribution in [-0.4, -0.2) is 23.8 Å². The fraction of sp³-hybridized carbons (Fsp3) is 0.538. The third kappa shape index (κ3) is 3.45. The summed E-state index contributed by atoms with van der Waals surface area (Å²) in [6, 6.07) is 2.57. The molecule has 0 saturated carbocycles. The minimum Gasteiger partial charge on any atom is -0.388 e. The summed E-state index contributed by atoms with van der Waals surface area (Å²) in [5.74, 6) is -0.926. The Hall–Kier alpha value is -1.14. The molecule has 0 amide bonds. The Morgan fingerprint density at radius 2 is 2.05 bits per heavy atom. The number of hydrogen-bond acceptors (Lipinski definition) is 2. The highest BCUT2D eigenvalue weighted by atomic mass is 19.4. The minimum atomic E-state index is -4.62. The van der Waals surface area contributed by atoms with Crippen molar-refractivity contribution in [3.8, 4) is 0 Å². The third-order valence-corrected chi connectivity index (χ3v) is 3.35. The van der Waals surface area contributed by atoms with E-state index in [0.717, 1.165) is 18.7 Å². The fourth-order valence-electron chi connectivity index (χ4n) is 2.42. The molecule has 0 radical (unpaired) electrons. The van der Waals surface area contributed by atoms with Crippen molar-refractivity contribution in [2.24, 2.45) is 0 Å². The number of β-amino-alcohol motifs (C(OH)–C–C–N with tert-alkyl or cyclic N) is 1. The van der Waals surface area contributed by atoms with E-state index in [4.69, 9.17) is 0 Å². The van der Waals surface area contributed by atoms with Crippen molar-refractivity contribution in [1.29, 1.82) is 0 Å². The lowest BCUT2D eigenvalue weighted by Gasteiger charge is -2.33. The van der Waals surface area contributed by atoms with Crippen LogP contribution in [0.2, 0.25) is 0 Å². The molecule has 6 heteroatoms. The van der Waals surface area contributed by atoms with Gasteiger partial charge in [-0.15, -0.1) is 0 Å². The Labute approximate surface area is 108 Å². The van der Waals surface area contributed by atoms with Crippen LogP contribution in [0.1, 0.15) is 24.0 Å². The SMILES string of the molecule is OC1(Cc2ccc(F)cc2C(F)(F)F)CCCNC1. The average molecular weight is 277 g/mol. The summed E-state index contributed by atoms with van der Waals surface area (Å²) in [6.45, 7) is 1.000. The van der Waals surface area contributed by atoms with Crippen LogP contribution in [0.4, 0.5) is 17.6 Å². The first-order chi connectivity index (χ1) is 8.80. The molecular formula is C13H15F4NO. The second-order valence-corrected chi connectivity index (χ2v) is 4.98. The number of halogens is 4. The third-order valence-electron chi connectivity index (χ3n) is 3.35. The average Bonchev–Trinajstić information content (AvgIpc) is 2.31. The topological polar surface area (TPSA) is 32.3 Å². The molecule has 1 aromatic carbocycles. The summed E-state index contributed by atoms with van der Waals surface area (Å²) in [4.78, 5) is 0. The number of benzene rings is 1. The summed E-state index contributed by atoms with van der Waals surface area (Å²) in [5, 5.41) is 13.2. The minimum absolute atomic E-state index is 0.0694. The van der Waals surface area contributed by atoms with E-state index >= 15 is 0 Å². The molecule has 0 spiro atoms. The molecule has 1 unspecified atom stereocenters. The van der Waals surface area contributed by atoms with Gasteiger partial charge in [-0.1, -0.05) is 6.07 Å². The number of aliphatic hydroxyl groups is 1. The molecule has 19 heavy (non-hydrogen) atoms. The summed E-state index contributed by atoms with van der Waals surface area (Å²) in [5.41, 5.74) is -2.28. The smallest absolute Gasteiger partial charge is 0.388 e. The number of alkyl halides is 3. The van der Waals surface area contributed by atoms with Gasteiger partial charge in [-0.2, -0.15) is 13.2 Å². The van der Waals surface area contributed by atoms with Gasteiger partial charge in [-0.05, 0) is 37.1 Å². The van der Waals surface area contributed by atoms with E-state index < -0.39 is 23.2 Å². The Morgan fingerprint density at radius 3 is 2.63 bits per heavy atom. The van der Waals surface area contributed by atoms with E-state index in [2.05, 4.69) is 5.32 Å². The van der Waals surface area contributed by atoms with Crippen LogP contribution in [-0.2, 0) is 12.6 Å². The molecule has 2 nitrogen and oxygen atoms in total. The van der Waals surface area contributed by atoms with Crippen molar-refractivity contribution in [1.82, 2.24) is 5.32 Å². The molecule has 106 valence electrons. The van der Waals surface area contributed by atoms with Gasteiger partial charge in [0.15, 0.2) is 0 Å². The molecule has 1 heterocycles. The predicted molar refractivity (Wildman–Crippen MR) is 62.2 cm³/mol. The van der Waals surface area contributed by atoms with Gasteiger partial charge in [0.25, 0.3) is 0 Å². The summed E-state index contributed by atoms with van der Waals surface area (Å²) < 4.78 is 51.5. The second kappa shape index (κ2) is 5.09. The van der Waals surface area contributed by atoms with Crippen LogP contribution < -0.4 is 5.32 Å². The second-order valence-electron chi connectivity index (χ2n) is 4.98. The van der Waals surface area contributed by atoms with Crippen molar-refractivity contribution in [3.63, 3.8) is 0 Å². The molecule has 0 bridgehead atoms. The van der Waals surface area contributed by atoms with E-state index in [-0.39, 0.29) is 18.5 Å². The number of piperidine rings is 1. The highest BCUT2D eigenvalue weighted by Gasteiger charge is 2.37. The number of hydrogen-bond donors (Lipinski definition) is 2. The zero-order chi connectivity index (χ0) is 14.1. The first kappa shape index (κ1) is 14.3. The highest BCUT2D eigenvalue weighted by Crippen LogP contribution is 2.34. The summed E-state index contributed by atoms with van der Waals surface area (Å²) in [7, 11) is 0. The van der Waals surface area contributed by atoms with Crippen LogP contribution in [0.15, 0.2) is 18.2 Å². The fourth-order valence-corrected chi connectivity index (χ4v) is 2.42. The van der Waals surface area contributed by atoms with Gasteiger partial charge in [0, 0.05) is 13.0 Å².